The van der Waals surface area contributed by atoms with Gasteiger partial charge in [0.25, 0.3) is 5.91 Å². The number of sulfonamides is 1. The highest BCUT2D eigenvalue weighted by Crippen LogP contribution is 2.18. The van der Waals surface area contributed by atoms with E-state index in [1.807, 2.05) is 0 Å². The molecule has 10 nitrogen and oxygen atoms in total. The molecule has 1 aromatic carbocycles. The van der Waals surface area contributed by atoms with Crippen molar-refractivity contribution in [2.45, 2.75) is 44.2 Å². The molecule has 2 unspecified atom stereocenters. The molecule has 0 spiro atoms. The van der Waals surface area contributed by atoms with Gasteiger partial charge in [-0.1, -0.05) is 13.8 Å². The standard InChI is InChI=1S/C20H24FN5O5S/c1-12(2)18(25-32(30,31)16-5-3-14(21)4-6-16)17(27)9-13-11-26-23-10-15(24-26)7-8-22-20(29)19(13)28/h3-6,10,12-13,18,25H,7-9,11H2,1-2H3,(H,22,29). The van der Waals surface area contributed by atoms with E-state index in [0.717, 1.165) is 24.3 Å². The van der Waals surface area contributed by atoms with Gasteiger partial charge in [-0.15, -0.1) is 0 Å². The zero-order valence-electron chi connectivity index (χ0n) is 17.6. The summed E-state index contributed by atoms with van der Waals surface area (Å²) in [6.07, 6.45) is 1.57. The Hall–Kier alpha value is -2.99. The normalized spacial score (nSPS) is 18.3. The Morgan fingerprint density at radius 1 is 1.28 bits per heavy atom. The maximum Gasteiger partial charge on any atom is 0.287 e. The number of nitrogens with one attached hydrogen (secondary N) is 2. The van der Waals surface area contributed by atoms with Gasteiger partial charge >= 0.3 is 0 Å². The number of carbonyl (C=O) groups excluding carboxylic acids is 3. The number of aromatic nitrogens is 3. The van der Waals surface area contributed by atoms with Crippen LogP contribution >= 0.6 is 0 Å². The number of nitrogens with zero attached hydrogens (tertiary/aromatic N) is 3. The van der Waals surface area contributed by atoms with Crippen LogP contribution in [0.5, 0.6) is 0 Å². The monoisotopic (exact) mass is 465 g/mol. The lowest BCUT2D eigenvalue weighted by Crippen LogP contribution is -2.46. The van der Waals surface area contributed by atoms with Crippen LogP contribution in [-0.4, -0.2) is 53.5 Å². The Balaban J connectivity index is 1.81. The largest absolute Gasteiger partial charge is 0.349 e. The summed E-state index contributed by atoms with van der Waals surface area (Å²) in [7, 11) is -4.12. The molecular formula is C20H24FN5O5S. The SMILES string of the molecule is CC(C)C(NS(=O)(=O)c1ccc(F)cc1)C(=O)CC1Cn2ncc(n2)CCNC(=O)C1=O. The third-order valence-electron chi connectivity index (χ3n) is 5.10. The minimum atomic E-state index is -4.12. The predicted octanol–water partition coefficient (Wildman–Crippen LogP) is 0.237. The van der Waals surface area contributed by atoms with Gasteiger partial charge in [0, 0.05) is 19.4 Å². The number of Topliss-reactive ketones (excluding diaryl/α,β-unsaturated/α-hetero) is 2. The van der Waals surface area contributed by atoms with Crippen molar-refractivity contribution in [3.8, 4) is 0 Å². The van der Waals surface area contributed by atoms with Crippen molar-refractivity contribution in [1.29, 1.82) is 0 Å². The van der Waals surface area contributed by atoms with Crippen LogP contribution in [0.15, 0.2) is 35.4 Å². The van der Waals surface area contributed by atoms with Gasteiger partial charge in [-0.05, 0) is 30.2 Å². The molecule has 172 valence electrons. The second kappa shape index (κ2) is 9.65. The van der Waals surface area contributed by atoms with Crippen LogP contribution in [-0.2, 0) is 37.4 Å². The van der Waals surface area contributed by atoms with Gasteiger partial charge in [-0.25, -0.2) is 17.5 Å². The lowest BCUT2D eigenvalue weighted by Gasteiger charge is -2.23. The Bertz CT molecular complexity index is 1110. The van der Waals surface area contributed by atoms with Crippen LogP contribution in [0.1, 0.15) is 26.0 Å². The Kier molecular flexibility index (Phi) is 7.14. The van der Waals surface area contributed by atoms with E-state index in [1.54, 1.807) is 13.8 Å². The van der Waals surface area contributed by atoms with Crippen molar-refractivity contribution < 1.29 is 27.2 Å². The van der Waals surface area contributed by atoms with Crippen molar-refractivity contribution in [2.24, 2.45) is 11.8 Å². The van der Waals surface area contributed by atoms with Crippen molar-refractivity contribution in [2.75, 3.05) is 6.54 Å². The zero-order chi connectivity index (χ0) is 23.5. The number of hydrogen-bond acceptors (Lipinski definition) is 7. The molecule has 2 atom stereocenters. The minimum absolute atomic E-state index is 0.0898. The van der Waals surface area contributed by atoms with Crippen LogP contribution < -0.4 is 10.0 Å². The number of ketones is 2. The van der Waals surface area contributed by atoms with Crippen LogP contribution in [0.3, 0.4) is 0 Å². The van der Waals surface area contributed by atoms with E-state index in [9.17, 15) is 27.2 Å². The number of fused-ring (bicyclic) bond motifs is 2. The molecular weight excluding hydrogens is 441 g/mol. The van der Waals surface area contributed by atoms with Gasteiger partial charge in [-0.3, -0.25) is 14.4 Å². The van der Waals surface area contributed by atoms with Crippen LogP contribution in [0.2, 0.25) is 0 Å². The predicted molar refractivity (Wildman–Crippen MR) is 110 cm³/mol. The number of rotatable bonds is 7. The summed E-state index contributed by atoms with van der Waals surface area (Å²) in [5.41, 5.74) is 0.636. The first-order chi connectivity index (χ1) is 15.1. The van der Waals surface area contributed by atoms with E-state index in [4.69, 9.17) is 0 Å². The molecule has 2 bridgehead atoms. The van der Waals surface area contributed by atoms with E-state index in [1.165, 1.54) is 11.0 Å². The maximum absolute atomic E-state index is 13.1. The fraction of sp³-hybridized carbons (Fsp3) is 0.450. The van der Waals surface area contributed by atoms with Crippen LogP contribution in [0.4, 0.5) is 4.39 Å². The van der Waals surface area contributed by atoms with Gasteiger partial charge in [0.05, 0.1) is 35.3 Å². The zero-order valence-corrected chi connectivity index (χ0v) is 18.4. The van der Waals surface area contributed by atoms with Gasteiger partial charge in [-0.2, -0.15) is 15.0 Å². The molecule has 0 radical (unpaired) electrons. The van der Waals surface area contributed by atoms with E-state index in [0.29, 0.717) is 12.1 Å². The fourth-order valence-corrected chi connectivity index (χ4v) is 4.71. The van der Waals surface area contributed by atoms with E-state index in [2.05, 4.69) is 20.2 Å². The highest BCUT2D eigenvalue weighted by Gasteiger charge is 2.34. The first-order valence-corrected chi connectivity index (χ1v) is 11.6. The smallest absolute Gasteiger partial charge is 0.287 e. The quantitative estimate of drug-likeness (QED) is 0.558. The average molecular weight is 466 g/mol. The fourth-order valence-electron chi connectivity index (χ4n) is 3.34. The molecule has 2 heterocycles. The molecule has 2 aromatic rings. The maximum atomic E-state index is 13.1. The number of hydrogen-bond donors (Lipinski definition) is 2. The summed E-state index contributed by atoms with van der Waals surface area (Å²) >= 11 is 0. The first-order valence-electron chi connectivity index (χ1n) is 10.1. The third kappa shape index (κ3) is 5.62. The summed E-state index contributed by atoms with van der Waals surface area (Å²) in [5.74, 6) is -4.25. The second-order valence-corrected chi connectivity index (χ2v) is 9.64. The van der Waals surface area contributed by atoms with Crippen molar-refractivity contribution in [1.82, 2.24) is 25.0 Å². The van der Waals surface area contributed by atoms with Gasteiger partial charge in [0.2, 0.25) is 15.8 Å². The third-order valence-corrected chi connectivity index (χ3v) is 6.55. The molecule has 1 aliphatic rings. The number of carbonyl (C=O) groups is 3. The molecule has 32 heavy (non-hydrogen) atoms. The lowest BCUT2D eigenvalue weighted by atomic mass is 9.90. The average Bonchev–Trinajstić information content (AvgIpc) is 3.17. The molecule has 1 amide bonds. The highest BCUT2D eigenvalue weighted by molar-refractivity contribution is 7.89. The number of benzene rings is 1. The second-order valence-electron chi connectivity index (χ2n) is 7.93. The first kappa shape index (κ1) is 23.7. The van der Waals surface area contributed by atoms with Crippen LogP contribution in [0.25, 0.3) is 0 Å². The summed E-state index contributed by atoms with van der Waals surface area (Å²) < 4.78 is 40.9. The van der Waals surface area contributed by atoms with Crippen molar-refractivity contribution in [3.63, 3.8) is 0 Å². The highest BCUT2D eigenvalue weighted by atomic mass is 32.2. The molecule has 2 N–H and O–H groups in total. The summed E-state index contributed by atoms with van der Waals surface area (Å²) in [6.45, 7) is 3.42. The van der Waals surface area contributed by atoms with Crippen LogP contribution in [0, 0.1) is 17.7 Å². The van der Waals surface area contributed by atoms with Gasteiger partial charge < -0.3 is 5.32 Å². The molecule has 12 heteroatoms. The molecule has 1 aromatic heterocycles. The van der Waals surface area contributed by atoms with Crippen molar-refractivity contribution >= 4 is 27.5 Å². The molecule has 0 aliphatic carbocycles. The van der Waals surface area contributed by atoms with Crippen molar-refractivity contribution in [3.05, 3.63) is 42.0 Å². The van der Waals surface area contributed by atoms with Gasteiger partial charge in [0.15, 0.2) is 5.78 Å². The lowest BCUT2D eigenvalue weighted by molar-refractivity contribution is -0.141. The van der Waals surface area contributed by atoms with E-state index in [-0.39, 0.29) is 24.4 Å². The molecule has 0 saturated heterocycles. The molecule has 0 fully saturated rings. The van der Waals surface area contributed by atoms with E-state index < -0.39 is 51.2 Å². The van der Waals surface area contributed by atoms with Gasteiger partial charge in [0.1, 0.15) is 5.82 Å². The molecule has 0 saturated carbocycles. The summed E-state index contributed by atoms with van der Waals surface area (Å²) in [4.78, 5) is 39.0. The molecule has 3 rings (SSSR count). The van der Waals surface area contributed by atoms with E-state index >= 15 is 0 Å². The Morgan fingerprint density at radius 2 is 1.97 bits per heavy atom. The summed E-state index contributed by atoms with van der Waals surface area (Å²) in [6, 6.07) is 3.04. The molecule has 1 aliphatic heterocycles. The number of halogens is 1. The minimum Gasteiger partial charge on any atom is -0.349 e. The Labute approximate surface area is 184 Å². The number of amides is 1. The summed E-state index contributed by atoms with van der Waals surface area (Å²) in [5, 5.41) is 10.8. The topological polar surface area (TPSA) is 140 Å². The Morgan fingerprint density at radius 3 is 2.62 bits per heavy atom.